The number of nitrogens with one attached hydrogen (secondary N) is 1. The van der Waals surface area contributed by atoms with Gasteiger partial charge >= 0.3 is 0 Å². The average molecular weight is 420 g/mol. The number of amides is 2. The Kier molecular flexibility index (Phi) is 5.72. The van der Waals surface area contributed by atoms with Gasteiger partial charge in [-0.15, -0.1) is 0 Å². The highest BCUT2D eigenvalue weighted by Crippen LogP contribution is 2.24. The molecule has 5 nitrogen and oxygen atoms in total. The molecule has 0 radical (unpaired) electrons. The summed E-state index contributed by atoms with van der Waals surface area (Å²) in [6, 6.07) is 11.5. The van der Waals surface area contributed by atoms with Crippen LogP contribution in [0.25, 0.3) is 10.9 Å². The molecule has 4 rings (SSSR count). The summed E-state index contributed by atoms with van der Waals surface area (Å²) in [5.74, 6) is -0.657. The summed E-state index contributed by atoms with van der Waals surface area (Å²) in [4.78, 5) is 32.2. The van der Waals surface area contributed by atoms with Crippen LogP contribution in [0.4, 0.5) is 10.1 Å². The van der Waals surface area contributed by atoms with Gasteiger partial charge in [-0.2, -0.15) is 0 Å². The molecule has 1 atom stereocenters. The first kappa shape index (κ1) is 21.0. The minimum atomic E-state index is -0.393. The summed E-state index contributed by atoms with van der Waals surface area (Å²) in [6.45, 7) is 6.52. The summed E-state index contributed by atoms with van der Waals surface area (Å²) >= 11 is 0. The number of likely N-dealkylation sites (tertiary alicyclic amines) is 1. The van der Waals surface area contributed by atoms with Crippen molar-refractivity contribution >= 4 is 28.4 Å². The van der Waals surface area contributed by atoms with E-state index in [0.29, 0.717) is 33.4 Å². The molecule has 1 aromatic heterocycles. The fourth-order valence-electron chi connectivity index (χ4n) is 4.21. The third-order valence-corrected chi connectivity index (χ3v) is 5.93. The highest BCUT2D eigenvalue weighted by Gasteiger charge is 2.24. The van der Waals surface area contributed by atoms with E-state index >= 15 is 0 Å². The molecule has 2 aromatic carbocycles. The number of carbonyl (C=O) groups excluding carboxylic acids is 2. The first-order valence-corrected chi connectivity index (χ1v) is 10.6. The van der Waals surface area contributed by atoms with E-state index in [0.717, 1.165) is 31.4 Å². The van der Waals surface area contributed by atoms with Crippen LogP contribution in [0.5, 0.6) is 0 Å². The molecular weight excluding hydrogens is 393 g/mol. The van der Waals surface area contributed by atoms with E-state index < -0.39 is 5.82 Å². The van der Waals surface area contributed by atoms with Crippen molar-refractivity contribution in [3.05, 3.63) is 70.7 Å². The Hall–Kier alpha value is -3.28. The van der Waals surface area contributed by atoms with Crippen LogP contribution in [0, 0.1) is 19.7 Å². The first-order valence-electron chi connectivity index (χ1n) is 10.6. The van der Waals surface area contributed by atoms with Crippen molar-refractivity contribution in [3.8, 4) is 0 Å². The summed E-state index contributed by atoms with van der Waals surface area (Å²) in [7, 11) is 0. The second-order valence-corrected chi connectivity index (χ2v) is 8.30. The minimum Gasteiger partial charge on any atom is -0.336 e. The third-order valence-electron chi connectivity index (χ3n) is 5.93. The molecule has 1 saturated heterocycles. The Bertz CT molecular complexity index is 1170. The number of aromatic nitrogens is 1. The molecule has 1 N–H and O–H groups in total. The van der Waals surface area contributed by atoms with Crippen LogP contribution in [-0.4, -0.2) is 34.3 Å². The van der Waals surface area contributed by atoms with Crippen molar-refractivity contribution in [2.45, 2.75) is 46.1 Å². The van der Waals surface area contributed by atoms with Crippen molar-refractivity contribution in [2.75, 3.05) is 11.9 Å². The number of hydrogen-bond acceptors (Lipinski definition) is 3. The average Bonchev–Trinajstić information content (AvgIpc) is 2.74. The van der Waals surface area contributed by atoms with E-state index in [1.54, 1.807) is 31.2 Å². The fraction of sp³-hybridized carbons (Fsp3) is 0.320. The molecule has 2 heterocycles. The molecule has 0 spiro atoms. The zero-order valence-electron chi connectivity index (χ0n) is 18.0. The molecule has 1 aliphatic rings. The van der Waals surface area contributed by atoms with Gasteiger partial charge in [0.25, 0.3) is 11.8 Å². The number of halogens is 1. The smallest absolute Gasteiger partial charge is 0.256 e. The van der Waals surface area contributed by atoms with E-state index in [2.05, 4.69) is 17.2 Å². The van der Waals surface area contributed by atoms with Gasteiger partial charge in [0.05, 0.1) is 11.1 Å². The number of anilines is 1. The van der Waals surface area contributed by atoms with E-state index in [1.807, 2.05) is 17.9 Å². The van der Waals surface area contributed by atoms with Crippen molar-refractivity contribution in [2.24, 2.45) is 0 Å². The van der Waals surface area contributed by atoms with Gasteiger partial charge in [-0.1, -0.05) is 0 Å². The van der Waals surface area contributed by atoms with Crippen LogP contribution in [0.3, 0.4) is 0 Å². The normalized spacial score (nSPS) is 16.4. The Labute approximate surface area is 181 Å². The van der Waals surface area contributed by atoms with Gasteiger partial charge in [-0.3, -0.25) is 14.6 Å². The maximum Gasteiger partial charge on any atom is 0.256 e. The lowest BCUT2D eigenvalue weighted by Gasteiger charge is -2.33. The number of piperidine rings is 1. The topological polar surface area (TPSA) is 62.3 Å². The summed E-state index contributed by atoms with van der Waals surface area (Å²) < 4.78 is 13.6. The highest BCUT2D eigenvalue weighted by molar-refractivity contribution is 6.12. The Morgan fingerprint density at radius 3 is 2.65 bits per heavy atom. The van der Waals surface area contributed by atoms with Crippen LogP contribution in [0.15, 0.2) is 42.5 Å². The second-order valence-electron chi connectivity index (χ2n) is 8.30. The van der Waals surface area contributed by atoms with Crippen molar-refractivity contribution < 1.29 is 14.0 Å². The predicted molar refractivity (Wildman–Crippen MR) is 120 cm³/mol. The fourth-order valence-corrected chi connectivity index (χ4v) is 4.21. The quantitative estimate of drug-likeness (QED) is 0.630. The maximum atomic E-state index is 13.6. The number of rotatable bonds is 3. The molecule has 31 heavy (non-hydrogen) atoms. The lowest BCUT2D eigenvalue weighted by molar-refractivity contribution is 0.0635. The van der Waals surface area contributed by atoms with Gasteiger partial charge in [-0.05, 0) is 82.0 Å². The summed E-state index contributed by atoms with van der Waals surface area (Å²) in [6.07, 6.45) is 3.22. The molecular formula is C25H26FN3O2. The molecule has 1 aliphatic heterocycles. The lowest BCUT2D eigenvalue weighted by Crippen LogP contribution is -2.42. The van der Waals surface area contributed by atoms with Gasteiger partial charge in [0.2, 0.25) is 0 Å². The van der Waals surface area contributed by atoms with E-state index in [-0.39, 0.29) is 17.9 Å². The number of benzene rings is 2. The Balaban J connectivity index is 1.58. The van der Waals surface area contributed by atoms with Crippen molar-refractivity contribution in [3.63, 3.8) is 0 Å². The van der Waals surface area contributed by atoms with Gasteiger partial charge in [-0.25, -0.2) is 4.39 Å². The Morgan fingerprint density at radius 2 is 1.90 bits per heavy atom. The van der Waals surface area contributed by atoms with Crippen molar-refractivity contribution in [1.82, 2.24) is 9.88 Å². The van der Waals surface area contributed by atoms with E-state index in [1.165, 1.54) is 12.1 Å². The summed E-state index contributed by atoms with van der Waals surface area (Å²) in [5.41, 5.74) is 3.59. The molecule has 6 heteroatoms. The minimum absolute atomic E-state index is 0.0333. The largest absolute Gasteiger partial charge is 0.336 e. The first-order chi connectivity index (χ1) is 14.8. The highest BCUT2D eigenvalue weighted by atomic mass is 19.1. The monoisotopic (exact) mass is 419 g/mol. The molecule has 0 saturated carbocycles. The molecule has 3 aromatic rings. The number of hydrogen-bond donors (Lipinski definition) is 1. The van der Waals surface area contributed by atoms with Crippen LogP contribution >= 0.6 is 0 Å². The Morgan fingerprint density at radius 1 is 1.10 bits per heavy atom. The SMILES string of the molecule is Cc1cc(C(=O)Nc2ccc(C(=O)N3CCCCC3C)cc2C)c2ccc(F)cc2n1. The molecule has 0 bridgehead atoms. The zero-order chi connectivity index (χ0) is 22.1. The van der Waals surface area contributed by atoms with Gasteiger partial charge in [0.15, 0.2) is 0 Å². The molecule has 160 valence electrons. The predicted octanol–water partition coefficient (Wildman–Crippen LogP) is 5.26. The zero-order valence-corrected chi connectivity index (χ0v) is 18.0. The molecule has 1 unspecified atom stereocenters. The van der Waals surface area contributed by atoms with Crippen molar-refractivity contribution in [1.29, 1.82) is 0 Å². The van der Waals surface area contributed by atoms with Crippen LogP contribution < -0.4 is 5.32 Å². The summed E-state index contributed by atoms with van der Waals surface area (Å²) in [5, 5.41) is 3.52. The van der Waals surface area contributed by atoms with Gasteiger partial charge in [0.1, 0.15) is 5.82 Å². The van der Waals surface area contributed by atoms with Gasteiger partial charge in [0, 0.05) is 41.0 Å². The van der Waals surface area contributed by atoms with E-state index in [9.17, 15) is 14.0 Å². The molecule has 2 amide bonds. The lowest BCUT2D eigenvalue weighted by atomic mass is 10.0. The van der Waals surface area contributed by atoms with Gasteiger partial charge < -0.3 is 10.2 Å². The second kappa shape index (κ2) is 8.46. The molecule has 0 aliphatic carbocycles. The number of pyridine rings is 1. The standard InChI is InChI=1S/C25H26FN3O2/c1-15-12-18(25(31)29-11-5-4-6-17(29)3)7-10-22(15)28-24(30)21-13-16(2)27-23-14-19(26)8-9-20(21)23/h7-10,12-14,17H,4-6,11H2,1-3H3,(H,28,30). The molecule has 1 fully saturated rings. The number of carbonyl (C=O) groups is 2. The third kappa shape index (κ3) is 4.29. The van der Waals surface area contributed by atoms with E-state index in [4.69, 9.17) is 0 Å². The maximum absolute atomic E-state index is 13.6. The number of fused-ring (bicyclic) bond motifs is 1. The van der Waals surface area contributed by atoms with Crippen LogP contribution in [0.1, 0.15) is 58.2 Å². The number of aryl methyl sites for hydroxylation is 2. The van der Waals surface area contributed by atoms with Crippen LogP contribution in [0.2, 0.25) is 0 Å². The number of nitrogens with zero attached hydrogens (tertiary/aromatic N) is 2. The van der Waals surface area contributed by atoms with Crippen LogP contribution in [-0.2, 0) is 0 Å².